The van der Waals surface area contributed by atoms with Crippen LogP contribution in [-0.4, -0.2) is 25.7 Å². The maximum Gasteiger partial charge on any atom is 0.140 e. The smallest absolute Gasteiger partial charge is 0.140 e. The highest BCUT2D eigenvalue weighted by atomic mass is 127. The summed E-state index contributed by atoms with van der Waals surface area (Å²) in [6.07, 6.45) is 2.72. The van der Waals surface area contributed by atoms with E-state index in [4.69, 9.17) is 0 Å². The molecule has 0 amide bonds. The first-order valence-corrected chi connectivity index (χ1v) is 6.04. The van der Waals surface area contributed by atoms with Gasteiger partial charge in [-0.15, -0.1) is 0 Å². The molecule has 0 fully saturated rings. The van der Waals surface area contributed by atoms with Crippen LogP contribution in [0.3, 0.4) is 0 Å². The molecule has 0 saturated carbocycles. The lowest BCUT2D eigenvalue weighted by Crippen LogP contribution is -2.19. The third-order valence-corrected chi connectivity index (χ3v) is 2.22. The first-order chi connectivity index (χ1) is 6.38. The molecular formula is C8H15IN4. The van der Waals surface area contributed by atoms with Gasteiger partial charge in [0.1, 0.15) is 12.2 Å². The number of nitrogens with one attached hydrogen (secondary N) is 1. The summed E-state index contributed by atoms with van der Waals surface area (Å²) in [6, 6.07) is 0. The maximum atomic E-state index is 4.19. The van der Waals surface area contributed by atoms with Crippen molar-refractivity contribution in [1.82, 2.24) is 20.1 Å². The van der Waals surface area contributed by atoms with Crippen LogP contribution >= 0.6 is 22.6 Å². The van der Waals surface area contributed by atoms with Crippen molar-refractivity contribution in [3.8, 4) is 0 Å². The zero-order valence-electron chi connectivity index (χ0n) is 7.83. The molecule has 4 nitrogen and oxygen atoms in total. The summed E-state index contributed by atoms with van der Waals surface area (Å²) >= 11 is 2.35. The van der Waals surface area contributed by atoms with Crippen LogP contribution in [0.25, 0.3) is 0 Å². The van der Waals surface area contributed by atoms with Gasteiger partial charge in [0.25, 0.3) is 0 Å². The highest BCUT2D eigenvalue weighted by Gasteiger charge is 2.01. The molecule has 0 aliphatic rings. The van der Waals surface area contributed by atoms with Crippen LogP contribution in [-0.2, 0) is 13.1 Å². The lowest BCUT2D eigenvalue weighted by molar-refractivity contribution is 0.549. The van der Waals surface area contributed by atoms with E-state index in [1.54, 1.807) is 6.33 Å². The Morgan fingerprint density at radius 1 is 1.62 bits per heavy atom. The van der Waals surface area contributed by atoms with Crippen molar-refractivity contribution in [2.24, 2.45) is 0 Å². The molecule has 0 atom stereocenters. The molecule has 13 heavy (non-hydrogen) atoms. The van der Waals surface area contributed by atoms with E-state index in [9.17, 15) is 0 Å². The van der Waals surface area contributed by atoms with Crippen LogP contribution in [0.2, 0.25) is 0 Å². The second-order valence-corrected chi connectivity index (χ2v) is 3.84. The standard InChI is InChI=1S/C8H15IN4/c1-2-5-13-8(11-7-12-13)6-10-4-3-9/h7,10H,2-6H2,1H3. The molecule has 0 saturated heterocycles. The van der Waals surface area contributed by atoms with Gasteiger partial charge in [0.2, 0.25) is 0 Å². The van der Waals surface area contributed by atoms with Gasteiger partial charge in [-0.2, -0.15) is 5.10 Å². The molecule has 0 aliphatic heterocycles. The second-order valence-electron chi connectivity index (χ2n) is 2.77. The lowest BCUT2D eigenvalue weighted by Gasteiger charge is -2.04. The van der Waals surface area contributed by atoms with Crippen LogP contribution < -0.4 is 5.32 Å². The summed E-state index contributed by atoms with van der Waals surface area (Å²) in [6.45, 7) is 4.95. The first kappa shape index (κ1) is 10.9. The topological polar surface area (TPSA) is 42.7 Å². The van der Waals surface area contributed by atoms with Gasteiger partial charge in [-0.3, -0.25) is 0 Å². The molecule has 0 unspecified atom stereocenters. The number of rotatable bonds is 6. The van der Waals surface area contributed by atoms with Gasteiger partial charge in [0.05, 0.1) is 6.54 Å². The Kier molecular flexibility index (Phi) is 5.29. The molecular weight excluding hydrogens is 279 g/mol. The molecule has 5 heteroatoms. The number of aromatic nitrogens is 3. The molecule has 0 radical (unpaired) electrons. The minimum atomic E-state index is 0.822. The highest BCUT2D eigenvalue weighted by Crippen LogP contribution is 1.95. The Morgan fingerprint density at radius 3 is 3.15 bits per heavy atom. The van der Waals surface area contributed by atoms with Crippen molar-refractivity contribution in [3.63, 3.8) is 0 Å². The summed E-state index contributed by atoms with van der Waals surface area (Å²) in [7, 11) is 0. The minimum absolute atomic E-state index is 0.822. The summed E-state index contributed by atoms with van der Waals surface area (Å²) in [5.41, 5.74) is 0. The van der Waals surface area contributed by atoms with E-state index in [-0.39, 0.29) is 0 Å². The average molecular weight is 294 g/mol. The molecule has 0 aromatic carbocycles. The molecule has 0 spiro atoms. The third-order valence-electron chi connectivity index (χ3n) is 1.69. The molecule has 1 aromatic heterocycles. The number of hydrogen-bond donors (Lipinski definition) is 1. The molecule has 0 aliphatic carbocycles. The van der Waals surface area contributed by atoms with E-state index in [1.807, 2.05) is 4.68 Å². The van der Waals surface area contributed by atoms with Crippen molar-refractivity contribution in [2.45, 2.75) is 26.4 Å². The zero-order chi connectivity index (χ0) is 9.52. The van der Waals surface area contributed by atoms with E-state index in [2.05, 4.69) is 44.9 Å². The minimum Gasteiger partial charge on any atom is -0.309 e. The summed E-state index contributed by atoms with van der Waals surface area (Å²) < 4.78 is 3.08. The summed E-state index contributed by atoms with van der Waals surface area (Å²) in [5.74, 6) is 1.03. The van der Waals surface area contributed by atoms with Gasteiger partial charge in [0.15, 0.2) is 0 Å². The number of hydrogen-bond acceptors (Lipinski definition) is 3. The van der Waals surface area contributed by atoms with Crippen LogP contribution in [0.1, 0.15) is 19.2 Å². The molecule has 74 valence electrons. The van der Waals surface area contributed by atoms with Gasteiger partial charge in [-0.05, 0) is 6.42 Å². The Hall–Kier alpha value is -0.170. The van der Waals surface area contributed by atoms with E-state index >= 15 is 0 Å². The Morgan fingerprint density at radius 2 is 2.46 bits per heavy atom. The van der Waals surface area contributed by atoms with Gasteiger partial charge < -0.3 is 5.32 Å². The third kappa shape index (κ3) is 3.60. The Balaban J connectivity index is 2.40. The number of halogens is 1. The quantitative estimate of drug-likeness (QED) is 0.487. The lowest BCUT2D eigenvalue weighted by atomic mass is 10.4. The summed E-state index contributed by atoms with van der Waals surface area (Å²) in [4.78, 5) is 4.19. The number of alkyl halides is 1. The largest absolute Gasteiger partial charge is 0.309 e. The summed E-state index contributed by atoms with van der Waals surface area (Å²) in [5, 5.41) is 7.45. The van der Waals surface area contributed by atoms with Crippen molar-refractivity contribution in [3.05, 3.63) is 12.2 Å². The fraction of sp³-hybridized carbons (Fsp3) is 0.750. The van der Waals surface area contributed by atoms with Crippen LogP contribution in [0.4, 0.5) is 0 Å². The second kappa shape index (κ2) is 6.31. The average Bonchev–Trinajstić information content (AvgIpc) is 2.54. The monoisotopic (exact) mass is 294 g/mol. The zero-order valence-corrected chi connectivity index (χ0v) is 9.99. The Bertz CT molecular complexity index is 236. The van der Waals surface area contributed by atoms with Gasteiger partial charge >= 0.3 is 0 Å². The van der Waals surface area contributed by atoms with Gasteiger partial charge in [-0.1, -0.05) is 29.5 Å². The first-order valence-electron chi connectivity index (χ1n) is 4.51. The molecule has 1 rings (SSSR count). The molecule has 1 heterocycles. The predicted molar refractivity (Wildman–Crippen MR) is 60.9 cm³/mol. The van der Waals surface area contributed by atoms with E-state index in [1.165, 1.54) is 0 Å². The van der Waals surface area contributed by atoms with Crippen LogP contribution in [0.5, 0.6) is 0 Å². The Labute approximate surface area is 92.3 Å². The molecule has 1 N–H and O–H groups in total. The fourth-order valence-electron chi connectivity index (χ4n) is 1.09. The van der Waals surface area contributed by atoms with E-state index in [0.29, 0.717) is 0 Å². The van der Waals surface area contributed by atoms with E-state index < -0.39 is 0 Å². The van der Waals surface area contributed by atoms with Crippen molar-refractivity contribution in [1.29, 1.82) is 0 Å². The fourth-order valence-corrected chi connectivity index (χ4v) is 1.47. The SMILES string of the molecule is CCCn1ncnc1CNCCI. The maximum absolute atomic E-state index is 4.19. The van der Waals surface area contributed by atoms with Gasteiger partial charge in [-0.25, -0.2) is 9.67 Å². The molecule has 1 aromatic rings. The normalized spacial score (nSPS) is 10.6. The van der Waals surface area contributed by atoms with Crippen molar-refractivity contribution < 1.29 is 0 Å². The van der Waals surface area contributed by atoms with Crippen LogP contribution in [0.15, 0.2) is 6.33 Å². The number of nitrogens with zero attached hydrogens (tertiary/aromatic N) is 3. The van der Waals surface area contributed by atoms with Crippen molar-refractivity contribution in [2.75, 3.05) is 11.0 Å². The van der Waals surface area contributed by atoms with E-state index in [0.717, 1.165) is 36.3 Å². The van der Waals surface area contributed by atoms with Crippen molar-refractivity contribution >= 4 is 22.6 Å². The van der Waals surface area contributed by atoms with Crippen LogP contribution in [0, 0.1) is 0 Å². The predicted octanol–water partition coefficient (Wildman–Crippen LogP) is 1.21. The highest BCUT2D eigenvalue weighted by molar-refractivity contribution is 14.1. The number of aryl methyl sites for hydroxylation is 1. The van der Waals surface area contributed by atoms with Gasteiger partial charge in [0, 0.05) is 17.5 Å². The molecule has 0 bridgehead atoms.